The van der Waals surface area contributed by atoms with Crippen molar-refractivity contribution in [3.8, 4) is 0 Å². The molecule has 1 heterocycles. The van der Waals surface area contributed by atoms with E-state index in [-0.39, 0.29) is 13.0 Å². The Morgan fingerprint density at radius 1 is 1.67 bits per heavy atom. The molecule has 0 bridgehead atoms. The molecule has 4 nitrogen and oxygen atoms in total. The van der Waals surface area contributed by atoms with Gasteiger partial charge in [0.05, 0.1) is 0 Å². The average Bonchev–Trinajstić information content (AvgIpc) is 2.24. The maximum Gasteiger partial charge on any atom is 0.278 e. The minimum Gasteiger partial charge on any atom is -0.368 e. The summed E-state index contributed by atoms with van der Waals surface area (Å²) in [5.41, 5.74) is 4.72. The van der Waals surface area contributed by atoms with E-state index in [1.54, 1.807) is 0 Å². The van der Waals surface area contributed by atoms with Crippen LogP contribution in [0.5, 0.6) is 0 Å². The molecule has 0 radical (unpaired) electrons. The fraction of sp³-hybridized carbons (Fsp3) is 0.667. The minimum atomic E-state index is -3.17. The van der Waals surface area contributed by atoms with Crippen LogP contribution in [-0.4, -0.2) is 35.7 Å². The van der Waals surface area contributed by atoms with Crippen LogP contribution >= 0.6 is 0 Å². The van der Waals surface area contributed by atoms with E-state index in [1.165, 1.54) is 0 Å². The average molecular weight is 178 g/mol. The van der Waals surface area contributed by atoms with Crippen LogP contribution in [0, 0.1) is 0 Å². The number of nitrogens with two attached hydrogens (primary N) is 1. The third-order valence-corrected chi connectivity index (χ3v) is 1.84. The molecule has 1 saturated heterocycles. The van der Waals surface area contributed by atoms with Crippen molar-refractivity contribution in [3.63, 3.8) is 0 Å². The van der Waals surface area contributed by atoms with Crippen molar-refractivity contribution in [3.05, 3.63) is 0 Å². The van der Waals surface area contributed by atoms with Crippen LogP contribution in [-0.2, 0) is 9.59 Å². The van der Waals surface area contributed by atoms with E-state index in [9.17, 15) is 18.4 Å². The Balaban J connectivity index is 2.87. The lowest BCUT2D eigenvalue weighted by Gasteiger charge is -2.20. The molecule has 2 amide bonds. The van der Waals surface area contributed by atoms with Crippen LogP contribution in [0.2, 0.25) is 0 Å². The van der Waals surface area contributed by atoms with Gasteiger partial charge in [-0.1, -0.05) is 0 Å². The van der Waals surface area contributed by atoms with Crippen molar-refractivity contribution >= 4 is 12.3 Å². The molecule has 1 aliphatic heterocycles. The minimum absolute atomic E-state index is 0.121. The molecule has 68 valence electrons. The predicted molar refractivity (Wildman–Crippen MR) is 35.3 cm³/mol. The molecule has 1 atom stereocenters. The largest absolute Gasteiger partial charge is 0.368 e. The van der Waals surface area contributed by atoms with Crippen molar-refractivity contribution in [2.75, 3.05) is 6.54 Å². The fourth-order valence-electron chi connectivity index (χ4n) is 1.27. The normalized spacial score (nSPS) is 27.2. The SMILES string of the molecule is NC(=O)C1N(C=O)CCC1(F)F. The number of primary amides is 1. The summed E-state index contributed by atoms with van der Waals surface area (Å²) in [5.74, 6) is -4.34. The Morgan fingerprint density at radius 2 is 2.25 bits per heavy atom. The summed E-state index contributed by atoms with van der Waals surface area (Å²) >= 11 is 0. The van der Waals surface area contributed by atoms with Gasteiger partial charge in [0.25, 0.3) is 5.92 Å². The van der Waals surface area contributed by atoms with Crippen LogP contribution in [0.15, 0.2) is 0 Å². The van der Waals surface area contributed by atoms with Gasteiger partial charge in [0.1, 0.15) is 0 Å². The molecule has 2 N–H and O–H groups in total. The lowest BCUT2D eigenvalue weighted by molar-refractivity contribution is -0.138. The second-order valence-corrected chi connectivity index (χ2v) is 2.66. The molecule has 1 unspecified atom stereocenters. The van der Waals surface area contributed by atoms with Crippen molar-refractivity contribution in [2.24, 2.45) is 5.73 Å². The molecule has 1 rings (SSSR count). The molecular weight excluding hydrogens is 170 g/mol. The summed E-state index contributed by atoms with van der Waals surface area (Å²) < 4.78 is 25.6. The lowest BCUT2D eigenvalue weighted by Crippen LogP contribution is -2.48. The number of likely N-dealkylation sites (tertiary alicyclic amines) is 1. The van der Waals surface area contributed by atoms with E-state index in [0.717, 1.165) is 4.90 Å². The topological polar surface area (TPSA) is 63.4 Å². The van der Waals surface area contributed by atoms with E-state index in [4.69, 9.17) is 5.73 Å². The Bertz CT molecular complexity index is 220. The van der Waals surface area contributed by atoms with Gasteiger partial charge in [-0.15, -0.1) is 0 Å². The molecule has 1 aliphatic rings. The molecule has 0 saturated carbocycles. The molecule has 0 aromatic heterocycles. The molecule has 1 fully saturated rings. The van der Waals surface area contributed by atoms with Crippen LogP contribution in [0.25, 0.3) is 0 Å². The summed E-state index contributed by atoms with van der Waals surface area (Å²) in [7, 11) is 0. The summed E-state index contributed by atoms with van der Waals surface area (Å²) in [5, 5.41) is 0. The van der Waals surface area contributed by atoms with Gasteiger partial charge in [0, 0.05) is 13.0 Å². The number of amides is 2. The first-order valence-corrected chi connectivity index (χ1v) is 3.37. The smallest absolute Gasteiger partial charge is 0.278 e. The Kier molecular flexibility index (Phi) is 1.99. The van der Waals surface area contributed by atoms with E-state index >= 15 is 0 Å². The van der Waals surface area contributed by atoms with Crippen LogP contribution in [0.4, 0.5) is 8.78 Å². The molecule has 0 spiro atoms. The number of hydrogen-bond donors (Lipinski definition) is 1. The number of nitrogens with zero attached hydrogens (tertiary/aromatic N) is 1. The predicted octanol–water partition coefficient (Wildman–Crippen LogP) is -0.662. The van der Waals surface area contributed by atoms with Crippen molar-refractivity contribution in [1.29, 1.82) is 0 Å². The van der Waals surface area contributed by atoms with Gasteiger partial charge in [-0.3, -0.25) is 9.59 Å². The highest BCUT2D eigenvalue weighted by Crippen LogP contribution is 2.32. The molecule has 12 heavy (non-hydrogen) atoms. The molecular formula is C6H8F2N2O2. The Hall–Kier alpha value is -1.20. The number of rotatable bonds is 2. The fourth-order valence-corrected chi connectivity index (χ4v) is 1.27. The second-order valence-electron chi connectivity index (χ2n) is 2.66. The molecule has 0 aromatic carbocycles. The first-order chi connectivity index (χ1) is 5.49. The van der Waals surface area contributed by atoms with Crippen LogP contribution < -0.4 is 5.73 Å². The van der Waals surface area contributed by atoms with Gasteiger partial charge in [-0.2, -0.15) is 0 Å². The van der Waals surface area contributed by atoms with Crippen LogP contribution in [0.3, 0.4) is 0 Å². The number of alkyl halides is 2. The maximum absolute atomic E-state index is 12.8. The molecule has 0 aromatic rings. The Morgan fingerprint density at radius 3 is 2.58 bits per heavy atom. The number of carbonyl (C=O) groups excluding carboxylic acids is 2. The zero-order chi connectivity index (χ0) is 9.35. The summed E-state index contributed by atoms with van der Waals surface area (Å²) in [6, 6.07) is -1.77. The van der Waals surface area contributed by atoms with Gasteiger partial charge >= 0.3 is 0 Å². The van der Waals surface area contributed by atoms with E-state index in [2.05, 4.69) is 0 Å². The zero-order valence-corrected chi connectivity index (χ0v) is 6.17. The van der Waals surface area contributed by atoms with E-state index < -0.39 is 24.3 Å². The highest BCUT2D eigenvalue weighted by Gasteiger charge is 2.51. The summed E-state index contributed by atoms with van der Waals surface area (Å²) in [6.45, 7) is -0.121. The first-order valence-electron chi connectivity index (χ1n) is 3.37. The standard InChI is InChI=1S/C6H8F2N2O2/c7-6(8)1-2-10(3-11)4(6)5(9)12/h3-4H,1-2H2,(H2,9,12). The number of carbonyl (C=O) groups is 2. The van der Waals surface area contributed by atoms with Crippen molar-refractivity contribution in [2.45, 2.75) is 18.4 Å². The molecule has 6 heteroatoms. The van der Waals surface area contributed by atoms with E-state index in [1.807, 2.05) is 0 Å². The van der Waals surface area contributed by atoms with Gasteiger partial charge in [0.2, 0.25) is 12.3 Å². The second kappa shape index (κ2) is 2.69. The van der Waals surface area contributed by atoms with E-state index in [0.29, 0.717) is 0 Å². The first kappa shape index (κ1) is 8.89. The monoisotopic (exact) mass is 178 g/mol. The summed E-state index contributed by atoms with van der Waals surface area (Å²) in [6.07, 6.45) is -0.282. The van der Waals surface area contributed by atoms with Gasteiger partial charge in [0.15, 0.2) is 6.04 Å². The zero-order valence-electron chi connectivity index (χ0n) is 6.17. The molecule has 0 aliphatic carbocycles. The van der Waals surface area contributed by atoms with Gasteiger partial charge in [-0.25, -0.2) is 8.78 Å². The van der Waals surface area contributed by atoms with Gasteiger partial charge in [-0.05, 0) is 0 Å². The highest BCUT2D eigenvalue weighted by molar-refractivity contribution is 5.83. The lowest BCUT2D eigenvalue weighted by atomic mass is 10.1. The number of halogens is 2. The third kappa shape index (κ3) is 1.24. The maximum atomic E-state index is 12.8. The Labute approximate surface area is 67.3 Å². The quantitative estimate of drug-likeness (QED) is 0.570. The number of hydrogen-bond acceptors (Lipinski definition) is 2. The third-order valence-electron chi connectivity index (χ3n) is 1.84. The highest BCUT2D eigenvalue weighted by atomic mass is 19.3. The van der Waals surface area contributed by atoms with Crippen molar-refractivity contribution in [1.82, 2.24) is 4.90 Å². The summed E-state index contributed by atoms with van der Waals surface area (Å²) in [4.78, 5) is 21.4. The van der Waals surface area contributed by atoms with Crippen LogP contribution in [0.1, 0.15) is 6.42 Å². The van der Waals surface area contributed by atoms with Gasteiger partial charge < -0.3 is 10.6 Å². The van der Waals surface area contributed by atoms with Crippen molar-refractivity contribution < 1.29 is 18.4 Å².